The second-order valence-corrected chi connectivity index (χ2v) is 13.2. The molecule has 1 aliphatic carbocycles. The van der Waals surface area contributed by atoms with Crippen molar-refractivity contribution in [3.8, 4) is 0 Å². The molecule has 216 valence electrons. The van der Waals surface area contributed by atoms with E-state index < -0.39 is 83.6 Å². The van der Waals surface area contributed by atoms with Gasteiger partial charge in [0.1, 0.15) is 36.6 Å². The lowest BCUT2D eigenvalue weighted by molar-refractivity contribution is -0.379. The van der Waals surface area contributed by atoms with E-state index in [9.17, 15) is 86.3 Å². The third-order valence-corrected chi connectivity index (χ3v) is 7.53. The Morgan fingerprint density at radius 1 is 0.417 bits per heavy atom. The van der Waals surface area contributed by atoms with Gasteiger partial charge < -0.3 is 104 Å². The molecule has 0 radical (unpaired) electrons. The molecule has 0 heterocycles. The summed E-state index contributed by atoms with van der Waals surface area (Å²) >= 11 is 0. The number of aliphatic hydroxyl groups excluding tert-OH is 1. The number of aliphatic hydroxyl groups is 1. The second kappa shape index (κ2) is 11.6. The molecule has 1 rings (SSSR count). The van der Waals surface area contributed by atoms with Crippen LogP contribution in [0.2, 0.25) is 0 Å². The van der Waals surface area contributed by atoms with E-state index in [-0.39, 0.29) is 0 Å². The van der Waals surface area contributed by atoms with Crippen molar-refractivity contribution in [1.82, 2.24) is 0 Å². The molecule has 0 bridgehead atoms. The molecular weight excluding hydrogens is 642 g/mol. The van der Waals surface area contributed by atoms with E-state index in [1.807, 2.05) is 0 Å². The maximum atomic E-state index is 11.7. The Morgan fingerprint density at radius 3 is 0.944 bits per heavy atom. The molecule has 0 aromatic rings. The molecule has 1 fully saturated rings. The van der Waals surface area contributed by atoms with E-state index in [2.05, 4.69) is 26.9 Å². The van der Waals surface area contributed by atoms with Crippen molar-refractivity contribution in [3.63, 3.8) is 0 Å². The van der Waals surface area contributed by atoms with Crippen molar-refractivity contribution in [2.75, 3.05) is 0 Å². The Labute approximate surface area is 197 Å². The summed E-state index contributed by atoms with van der Waals surface area (Å²) in [6, 6.07) is 0. The molecule has 1 N–H and O–H groups in total. The maximum Gasteiger partial charge on any atom is 0.272 e. The summed E-state index contributed by atoms with van der Waals surface area (Å²) in [5.41, 5.74) is 0. The van der Waals surface area contributed by atoms with Gasteiger partial charge in [0.25, 0.3) is 7.82 Å². The van der Waals surface area contributed by atoms with E-state index in [0.29, 0.717) is 0 Å². The van der Waals surface area contributed by atoms with Gasteiger partial charge in [0.15, 0.2) is 0 Å². The number of hydrogen-bond donors (Lipinski definition) is 1. The van der Waals surface area contributed by atoms with E-state index in [0.717, 1.165) is 0 Å². The number of phosphoric ester groups is 5. The predicted octanol–water partition coefficient (Wildman–Crippen LogP) is -10.1. The Bertz CT molecular complexity index is 1050. The van der Waals surface area contributed by atoms with Crippen molar-refractivity contribution >= 4 is 46.9 Å². The molecule has 30 heteroatoms. The Hall–Kier alpha value is 0.660. The van der Waals surface area contributed by atoms with Crippen molar-refractivity contribution in [2.45, 2.75) is 36.6 Å². The molecule has 7 atom stereocenters. The van der Waals surface area contributed by atoms with Crippen molar-refractivity contribution in [1.29, 1.82) is 0 Å². The van der Waals surface area contributed by atoms with Crippen LogP contribution in [-0.2, 0) is 54.3 Å². The van der Waals surface area contributed by atoms with Gasteiger partial charge in [0.05, 0.1) is 39.1 Å². The monoisotopic (exact) mass is 649 g/mol. The van der Waals surface area contributed by atoms with Crippen LogP contribution in [0.15, 0.2) is 0 Å². The molecule has 0 amide bonds. The van der Waals surface area contributed by atoms with Gasteiger partial charge in [0, 0.05) is 0 Å². The molecule has 0 spiro atoms. The van der Waals surface area contributed by atoms with Crippen molar-refractivity contribution in [2.24, 2.45) is 0 Å². The summed E-state index contributed by atoms with van der Waals surface area (Å²) in [6.45, 7) is 0. The third-order valence-electron chi connectivity index (χ3n) is 3.42. The zero-order valence-electron chi connectivity index (χ0n) is 16.0. The zero-order valence-corrected chi connectivity index (χ0v) is 21.4. The Morgan fingerprint density at radius 2 is 0.667 bits per heavy atom. The fraction of sp³-hybridized carbons (Fsp3) is 1.00. The van der Waals surface area contributed by atoms with E-state index in [4.69, 9.17) is 0 Å². The summed E-state index contributed by atoms with van der Waals surface area (Å²) < 4.78 is 87.8. The van der Waals surface area contributed by atoms with Crippen LogP contribution in [0, 0.1) is 0 Å². The molecular formula is C6H7O24P6-11. The topological polar surface area (TPSA) is 432 Å². The van der Waals surface area contributed by atoms with Crippen LogP contribution in [0.4, 0.5) is 0 Å². The normalized spacial score (nSPS) is 30.7. The number of phosphoric acid groups is 6. The first kappa shape index (κ1) is 34.7. The molecule has 36 heavy (non-hydrogen) atoms. The highest BCUT2D eigenvalue weighted by Gasteiger charge is 2.56. The van der Waals surface area contributed by atoms with Gasteiger partial charge in [0.2, 0.25) is 0 Å². The zero-order chi connectivity index (χ0) is 28.7. The van der Waals surface area contributed by atoms with E-state index >= 15 is 0 Å². The van der Waals surface area contributed by atoms with Crippen LogP contribution in [0.1, 0.15) is 0 Å². The van der Waals surface area contributed by atoms with Crippen LogP contribution in [0.25, 0.3) is 0 Å². The van der Waals surface area contributed by atoms with Crippen LogP contribution < -0.4 is 53.8 Å². The van der Waals surface area contributed by atoms with Gasteiger partial charge in [-0.25, -0.2) is 0 Å². The minimum absolute atomic E-state index is 2.95. The molecule has 0 aromatic carbocycles. The smallest absolute Gasteiger partial charge is 0.272 e. The van der Waals surface area contributed by atoms with Gasteiger partial charge in [-0.15, -0.1) is 0 Å². The number of hydrogen-bond acceptors (Lipinski definition) is 24. The van der Waals surface area contributed by atoms with Crippen LogP contribution in [0.5, 0.6) is 0 Å². The van der Waals surface area contributed by atoms with Crippen LogP contribution >= 0.6 is 46.9 Å². The maximum absolute atomic E-state index is 11.7. The average Bonchev–Trinajstić information content (AvgIpc) is 2.51. The van der Waals surface area contributed by atoms with Gasteiger partial charge in [-0.1, -0.05) is 0 Å². The summed E-state index contributed by atoms with van der Waals surface area (Å²) in [6.07, 6.45) is -20.6. The van der Waals surface area contributed by atoms with Crippen LogP contribution in [0.3, 0.4) is 0 Å². The largest absolute Gasteiger partial charge is 0.790 e. The standard InChI is InChI=1S/C6H18O24P6/c7-1-2(25-31(8,9)10)4(27-33(14,15)16)6(28-34(17,18)19)5(3(1)26-32(11,12)13)29-36(23,24)30-35(20,21)22/h1-7H,(H,23,24)(H2,8,9,10)(H2,11,12,13)(H2,14,15,16)(H2,17,18,19)(H2,20,21,22)/p-11/t1-,2-,3+,4-,5-,6-/m1/s1. The first-order chi connectivity index (χ1) is 15.6. The second-order valence-electron chi connectivity index (χ2n) is 6.11. The minimum Gasteiger partial charge on any atom is -0.790 e. The fourth-order valence-electron chi connectivity index (χ4n) is 2.63. The first-order valence-corrected chi connectivity index (χ1v) is 16.6. The van der Waals surface area contributed by atoms with E-state index in [1.54, 1.807) is 0 Å². The summed E-state index contributed by atoms with van der Waals surface area (Å²) in [7, 11) is -39.7. The summed E-state index contributed by atoms with van der Waals surface area (Å²) in [4.78, 5) is 121. The lowest BCUT2D eigenvalue weighted by Crippen LogP contribution is -2.67. The highest BCUT2D eigenvalue weighted by molar-refractivity contribution is 7.58. The van der Waals surface area contributed by atoms with Gasteiger partial charge in [-0.3, -0.25) is 8.88 Å². The Kier molecular flexibility index (Phi) is 11.2. The highest BCUT2D eigenvalue weighted by Crippen LogP contribution is 2.55. The number of rotatable bonds is 12. The van der Waals surface area contributed by atoms with Gasteiger partial charge in [-0.2, -0.15) is 0 Å². The molecule has 0 saturated heterocycles. The summed E-state index contributed by atoms with van der Waals surface area (Å²) in [5.74, 6) is 0. The first-order valence-electron chi connectivity index (χ1n) is 7.82. The minimum atomic E-state index is -6.75. The van der Waals surface area contributed by atoms with E-state index in [1.165, 1.54) is 0 Å². The fourth-order valence-corrected chi connectivity index (χ4v) is 6.46. The lowest BCUT2D eigenvalue weighted by Gasteiger charge is -2.55. The lowest BCUT2D eigenvalue weighted by atomic mass is 9.85. The molecule has 24 nitrogen and oxygen atoms in total. The molecule has 1 aliphatic rings. The van der Waals surface area contributed by atoms with Gasteiger partial charge in [-0.05, 0) is 0 Å². The highest BCUT2D eigenvalue weighted by atomic mass is 31.3. The predicted molar refractivity (Wildman–Crippen MR) is 77.1 cm³/mol. The SMILES string of the molecule is O=P([O-])([O-])O[C@@H]1[C@H](OP(=O)([O-])[O-])[C@H](OP(=O)([O-])[O-])[C@@H](O)[C@H](OP(=O)([O-])[O-])[C@H]1OP(=O)([O-])OP(=O)([O-])[O-]. The quantitative estimate of drug-likeness (QED) is 0.192. The third kappa shape index (κ3) is 12.7. The van der Waals surface area contributed by atoms with Gasteiger partial charge >= 0.3 is 0 Å². The van der Waals surface area contributed by atoms with Crippen molar-refractivity contribution in [3.05, 3.63) is 0 Å². The Balaban J connectivity index is 3.85. The molecule has 1 saturated carbocycles. The van der Waals surface area contributed by atoms with Crippen LogP contribution in [-0.4, -0.2) is 41.7 Å². The average molecular weight is 649 g/mol. The molecule has 0 aromatic heterocycles. The molecule has 1 unspecified atom stereocenters. The molecule has 0 aliphatic heterocycles. The van der Waals surface area contributed by atoms with Crippen molar-refractivity contribution < 1.29 is 113 Å². The summed E-state index contributed by atoms with van der Waals surface area (Å²) in [5, 5.41) is 10.1.